The maximum atomic E-state index is 5.84. The number of hydrogen-bond acceptors (Lipinski definition) is 2. The maximum Gasteiger partial charge on any atom is 0.193 e. The number of nitrogens with zero attached hydrogens (tertiary/aromatic N) is 1. The molecular formula is C16H19N3O. The lowest BCUT2D eigenvalue weighted by atomic mass is 10.3. The van der Waals surface area contributed by atoms with E-state index in [0.717, 1.165) is 17.9 Å². The van der Waals surface area contributed by atoms with Crippen LogP contribution in [0.15, 0.2) is 59.6 Å². The van der Waals surface area contributed by atoms with E-state index in [1.165, 1.54) is 0 Å². The molecule has 2 aromatic rings. The smallest absolute Gasteiger partial charge is 0.193 e. The molecule has 0 aliphatic rings. The third-order valence-corrected chi connectivity index (χ3v) is 2.63. The van der Waals surface area contributed by atoms with Crippen LogP contribution in [-0.2, 0) is 0 Å². The zero-order valence-corrected chi connectivity index (χ0v) is 11.5. The molecule has 0 amide bonds. The van der Waals surface area contributed by atoms with Crippen molar-refractivity contribution in [2.24, 2.45) is 10.7 Å². The topological polar surface area (TPSA) is 59.6 Å². The number of guanidine groups is 1. The van der Waals surface area contributed by atoms with Gasteiger partial charge in [-0.05, 0) is 30.7 Å². The van der Waals surface area contributed by atoms with Gasteiger partial charge in [0.05, 0.1) is 5.69 Å². The average molecular weight is 269 g/mol. The van der Waals surface area contributed by atoms with Gasteiger partial charge < -0.3 is 15.8 Å². The highest BCUT2D eigenvalue weighted by Gasteiger charge is 2.04. The van der Waals surface area contributed by atoms with Gasteiger partial charge in [0.2, 0.25) is 0 Å². The zero-order chi connectivity index (χ0) is 14.2. The Morgan fingerprint density at radius 2 is 1.80 bits per heavy atom. The summed E-state index contributed by atoms with van der Waals surface area (Å²) >= 11 is 0. The van der Waals surface area contributed by atoms with Crippen LogP contribution in [0.3, 0.4) is 0 Å². The van der Waals surface area contributed by atoms with Crippen molar-refractivity contribution < 1.29 is 4.74 Å². The Kier molecular flexibility index (Phi) is 5.00. The van der Waals surface area contributed by atoms with E-state index < -0.39 is 0 Å². The lowest BCUT2D eigenvalue weighted by Crippen LogP contribution is -2.23. The number of nitrogens with one attached hydrogen (secondary N) is 1. The SMILES string of the molecule is CCCN=C(N)Nc1ccccc1Oc1ccccc1. The summed E-state index contributed by atoms with van der Waals surface area (Å²) < 4.78 is 5.84. The average Bonchev–Trinajstić information content (AvgIpc) is 2.48. The predicted octanol–water partition coefficient (Wildman–Crippen LogP) is 3.62. The molecule has 0 aliphatic carbocycles. The van der Waals surface area contributed by atoms with E-state index in [0.29, 0.717) is 18.3 Å². The Morgan fingerprint density at radius 1 is 1.10 bits per heavy atom. The Bertz CT molecular complexity index is 567. The maximum absolute atomic E-state index is 5.84. The predicted molar refractivity (Wildman–Crippen MR) is 83.4 cm³/mol. The highest BCUT2D eigenvalue weighted by Crippen LogP contribution is 2.28. The van der Waals surface area contributed by atoms with E-state index >= 15 is 0 Å². The molecule has 4 nitrogen and oxygen atoms in total. The van der Waals surface area contributed by atoms with Crippen LogP contribution in [0.1, 0.15) is 13.3 Å². The van der Waals surface area contributed by atoms with Gasteiger partial charge >= 0.3 is 0 Å². The summed E-state index contributed by atoms with van der Waals surface area (Å²) in [5.41, 5.74) is 6.64. The minimum atomic E-state index is 0.399. The van der Waals surface area contributed by atoms with Crippen molar-refractivity contribution in [3.05, 3.63) is 54.6 Å². The summed E-state index contributed by atoms with van der Waals surface area (Å²) in [7, 11) is 0. The third kappa shape index (κ3) is 4.02. The fraction of sp³-hybridized carbons (Fsp3) is 0.188. The molecule has 0 saturated heterocycles. The lowest BCUT2D eigenvalue weighted by molar-refractivity contribution is 0.485. The summed E-state index contributed by atoms with van der Waals surface area (Å²) in [4.78, 5) is 4.21. The first-order valence-corrected chi connectivity index (χ1v) is 6.68. The Hall–Kier alpha value is -2.49. The van der Waals surface area contributed by atoms with Gasteiger partial charge in [0.15, 0.2) is 11.7 Å². The van der Waals surface area contributed by atoms with Crippen LogP contribution in [0, 0.1) is 0 Å². The van der Waals surface area contributed by atoms with Gasteiger partial charge in [-0.1, -0.05) is 37.3 Å². The van der Waals surface area contributed by atoms with Gasteiger partial charge in [-0.2, -0.15) is 0 Å². The first-order chi connectivity index (χ1) is 9.79. The quantitative estimate of drug-likeness (QED) is 0.644. The van der Waals surface area contributed by atoms with Crippen LogP contribution in [0.5, 0.6) is 11.5 Å². The van der Waals surface area contributed by atoms with Crippen molar-refractivity contribution in [1.82, 2.24) is 0 Å². The van der Waals surface area contributed by atoms with Crippen molar-refractivity contribution in [3.8, 4) is 11.5 Å². The molecule has 20 heavy (non-hydrogen) atoms. The van der Waals surface area contributed by atoms with E-state index in [9.17, 15) is 0 Å². The number of hydrogen-bond donors (Lipinski definition) is 2. The van der Waals surface area contributed by atoms with Crippen LogP contribution >= 0.6 is 0 Å². The Morgan fingerprint density at radius 3 is 2.55 bits per heavy atom. The number of aliphatic imine (C=N–C) groups is 1. The standard InChI is InChI=1S/C16H19N3O/c1-2-12-18-16(17)19-14-10-6-7-11-15(14)20-13-8-4-3-5-9-13/h3-11H,2,12H2,1H3,(H3,17,18,19). The molecule has 0 spiro atoms. The summed E-state index contributed by atoms with van der Waals surface area (Å²) in [6, 6.07) is 17.3. The second kappa shape index (κ2) is 7.19. The second-order valence-corrected chi connectivity index (χ2v) is 4.30. The molecule has 2 rings (SSSR count). The number of benzene rings is 2. The van der Waals surface area contributed by atoms with Crippen molar-refractivity contribution >= 4 is 11.6 Å². The van der Waals surface area contributed by atoms with E-state index in [4.69, 9.17) is 10.5 Å². The highest BCUT2D eigenvalue weighted by atomic mass is 16.5. The molecule has 0 unspecified atom stereocenters. The normalized spacial score (nSPS) is 11.2. The largest absolute Gasteiger partial charge is 0.455 e. The monoisotopic (exact) mass is 269 g/mol. The van der Waals surface area contributed by atoms with Crippen LogP contribution < -0.4 is 15.8 Å². The first kappa shape index (κ1) is 13.9. The number of ether oxygens (including phenoxy) is 1. The highest BCUT2D eigenvalue weighted by molar-refractivity contribution is 5.93. The third-order valence-electron chi connectivity index (χ3n) is 2.63. The van der Waals surface area contributed by atoms with Gasteiger partial charge in [0.1, 0.15) is 5.75 Å². The van der Waals surface area contributed by atoms with Gasteiger partial charge in [0, 0.05) is 6.54 Å². The fourth-order valence-electron chi connectivity index (χ4n) is 1.68. The van der Waals surface area contributed by atoms with Gasteiger partial charge in [-0.3, -0.25) is 4.99 Å². The first-order valence-electron chi connectivity index (χ1n) is 6.68. The van der Waals surface area contributed by atoms with E-state index in [2.05, 4.69) is 17.2 Å². The Labute approximate surface area is 119 Å². The molecule has 4 heteroatoms. The number of nitrogens with two attached hydrogens (primary N) is 1. The number of anilines is 1. The second-order valence-electron chi connectivity index (χ2n) is 4.30. The summed E-state index contributed by atoms with van der Waals surface area (Å²) in [5.74, 6) is 1.90. The summed E-state index contributed by atoms with van der Waals surface area (Å²) in [5, 5.41) is 3.07. The van der Waals surface area contributed by atoms with Crippen molar-refractivity contribution in [2.45, 2.75) is 13.3 Å². The number of para-hydroxylation sites is 3. The molecule has 0 atom stereocenters. The van der Waals surface area contributed by atoms with Gasteiger partial charge in [-0.15, -0.1) is 0 Å². The van der Waals surface area contributed by atoms with Crippen molar-refractivity contribution in [1.29, 1.82) is 0 Å². The lowest BCUT2D eigenvalue weighted by Gasteiger charge is -2.12. The van der Waals surface area contributed by atoms with Gasteiger partial charge in [0.25, 0.3) is 0 Å². The summed E-state index contributed by atoms with van der Waals surface area (Å²) in [6.07, 6.45) is 0.963. The molecule has 0 aliphatic heterocycles. The minimum absolute atomic E-state index is 0.399. The van der Waals surface area contributed by atoms with Crippen LogP contribution in [0.2, 0.25) is 0 Å². The van der Waals surface area contributed by atoms with E-state index in [-0.39, 0.29) is 0 Å². The molecular weight excluding hydrogens is 250 g/mol. The van der Waals surface area contributed by atoms with Crippen LogP contribution in [0.25, 0.3) is 0 Å². The van der Waals surface area contributed by atoms with Crippen LogP contribution in [-0.4, -0.2) is 12.5 Å². The zero-order valence-electron chi connectivity index (χ0n) is 11.5. The molecule has 2 aromatic carbocycles. The molecule has 0 radical (unpaired) electrons. The Balaban J connectivity index is 2.14. The molecule has 0 saturated carbocycles. The molecule has 0 bridgehead atoms. The van der Waals surface area contributed by atoms with E-state index in [1.807, 2.05) is 54.6 Å². The molecule has 0 aromatic heterocycles. The van der Waals surface area contributed by atoms with Crippen LogP contribution in [0.4, 0.5) is 5.69 Å². The van der Waals surface area contributed by atoms with Crippen molar-refractivity contribution in [3.63, 3.8) is 0 Å². The molecule has 0 heterocycles. The molecule has 3 N–H and O–H groups in total. The molecule has 104 valence electrons. The fourth-order valence-corrected chi connectivity index (χ4v) is 1.68. The number of rotatable bonds is 5. The molecule has 0 fully saturated rings. The van der Waals surface area contributed by atoms with E-state index in [1.54, 1.807) is 0 Å². The van der Waals surface area contributed by atoms with Crippen molar-refractivity contribution in [2.75, 3.05) is 11.9 Å². The minimum Gasteiger partial charge on any atom is -0.455 e. The summed E-state index contributed by atoms with van der Waals surface area (Å²) in [6.45, 7) is 2.77. The van der Waals surface area contributed by atoms with Gasteiger partial charge in [-0.25, -0.2) is 0 Å².